The normalized spacial score (nSPS) is 15.1. The number of unbranched alkanes of at least 4 members (excludes halogenated alkanes) is 2. The molecule has 34 heavy (non-hydrogen) atoms. The third-order valence-corrected chi connectivity index (χ3v) is 7.04. The summed E-state index contributed by atoms with van der Waals surface area (Å²) in [5.41, 5.74) is 0. The molecule has 0 amide bonds. The van der Waals surface area contributed by atoms with Crippen LogP contribution in [-0.4, -0.2) is 74.9 Å². The summed E-state index contributed by atoms with van der Waals surface area (Å²) in [4.78, 5) is 23.7. The topological polar surface area (TPSA) is 71.1 Å². The molecule has 0 aliphatic carbocycles. The van der Waals surface area contributed by atoms with Gasteiger partial charge in [-0.1, -0.05) is 40.5 Å². The van der Waals surface area contributed by atoms with Gasteiger partial charge in [-0.25, -0.2) is 0 Å². The van der Waals surface area contributed by atoms with Crippen LogP contribution in [0, 0.1) is 11.8 Å². The number of hydrogen-bond donors (Lipinski definition) is 2. The average Bonchev–Trinajstić information content (AvgIpc) is 2.81. The standard InChI is InChI=1S/C26H50O6S2/c1-5-7-9-23(27)17-21(3)25(33)19-31-15-13-29-11-12-30-14-16-32-20-26(34)22(4)18-24(28)10-8-6-2/h21-22,25-26,33-34H,5-20H2,1-4H3. The lowest BCUT2D eigenvalue weighted by Crippen LogP contribution is -2.22. The van der Waals surface area contributed by atoms with Crippen LogP contribution in [0.15, 0.2) is 0 Å². The third kappa shape index (κ3) is 20.1. The molecule has 0 saturated carbocycles. The highest BCUT2D eigenvalue weighted by atomic mass is 32.1. The number of rotatable bonds is 25. The molecule has 8 heteroatoms. The highest BCUT2D eigenvalue weighted by molar-refractivity contribution is 7.81. The summed E-state index contributed by atoms with van der Waals surface area (Å²) in [6.45, 7) is 12.3. The van der Waals surface area contributed by atoms with Gasteiger partial charge in [0.25, 0.3) is 0 Å². The maximum Gasteiger partial charge on any atom is 0.133 e. The van der Waals surface area contributed by atoms with Gasteiger partial charge in [-0.15, -0.1) is 0 Å². The Bertz CT molecular complexity index is 462. The molecule has 0 bridgehead atoms. The van der Waals surface area contributed by atoms with Gasteiger partial charge in [0.05, 0.1) is 52.9 Å². The first-order valence-electron chi connectivity index (χ1n) is 13.0. The Kier molecular flexibility index (Phi) is 23.2. The van der Waals surface area contributed by atoms with Crippen LogP contribution < -0.4 is 0 Å². The minimum absolute atomic E-state index is 0.0512. The molecule has 0 aliphatic heterocycles. The van der Waals surface area contributed by atoms with Crippen molar-refractivity contribution in [1.82, 2.24) is 0 Å². The minimum Gasteiger partial charge on any atom is -0.378 e. The van der Waals surface area contributed by atoms with Gasteiger partial charge in [-0.05, 0) is 24.7 Å². The second-order valence-corrected chi connectivity index (χ2v) is 10.5. The van der Waals surface area contributed by atoms with Crippen molar-refractivity contribution >= 4 is 36.8 Å². The van der Waals surface area contributed by atoms with Gasteiger partial charge >= 0.3 is 0 Å². The summed E-state index contributed by atoms with van der Waals surface area (Å²) in [7, 11) is 0. The molecule has 6 nitrogen and oxygen atoms in total. The van der Waals surface area contributed by atoms with Crippen molar-refractivity contribution in [1.29, 1.82) is 0 Å². The Morgan fingerprint density at radius 3 is 1.26 bits per heavy atom. The van der Waals surface area contributed by atoms with E-state index in [1.54, 1.807) is 0 Å². The maximum absolute atomic E-state index is 11.9. The predicted molar refractivity (Wildman–Crippen MR) is 145 cm³/mol. The Balaban J connectivity index is 3.53. The summed E-state index contributed by atoms with van der Waals surface area (Å²) in [5.74, 6) is 1.05. The van der Waals surface area contributed by atoms with E-state index >= 15 is 0 Å². The van der Waals surface area contributed by atoms with E-state index in [0.717, 1.165) is 25.7 Å². The summed E-state index contributed by atoms with van der Waals surface area (Å²) < 4.78 is 22.3. The van der Waals surface area contributed by atoms with Crippen molar-refractivity contribution < 1.29 is 28.5 Å². The lowest BCUT2D eigenvalue weighted by atomic mass is 9.98. The van der Waals surface area contributed by atoms with Crippen molar-refractivity contribution in [3.05, 3.63) is 0 Å². The molecule has 0 aliphatic rings. The average molecular weight is 523 g/mol. The molecule has 0 spiro atoms. The summed E-state index contributed by atoms with van der Waals surface area (Å²) in [5, 5.41) is 0.102. The van der Waals surface area contributed by atoms with Crippen molar-refractivity contribution in [2.24, 2.45) is 11.8 Å². The van der Waals surface area contributed by atoms with Crippen LogP contribution in [0.1, 0.15) is 79.1 Å². The first kappa shape index (κ1) is 33.9. The zero-order valence-electron chi connectivity index (χ0n) is 22.0. The zero-order chi connectivity index (χ0) is 25.6. The van der Waals surface area contributed by atoms with E-state index in [9.17, 15) is 9.59 Å². The number of carbonyl (C=O) groups excluding carboxylic acids is 2. The van der Waals surface area contributed by atoms with E-state index in [4.69, 9.17) is 18.9 Å². The molecule has 0 fully saturated rings. The Morgan fingerprint density at radius 2 is 0.941 bits per heavy atom. The maximum atomic E-state index is 11.9. The van der Waals surface area contributed by atoms with Crippen molar-refractivity contribution in [2.75, 3.05) is 52.9 Å². The van der Waals surface area contributed by atoms with Gasteiger partial charge in [-0.3, -0.25) is 9.59 Å². The first-order chi connectivity index (χ1) is 16.3. The molecular formula is C26H50O6S2. The van der Waals surface area contributed by atoms with Crippen molar-refractivity contribution in [3.8, 4) is 0 Å². The number of carbonyl (C=O) groups is 2. The number of thiol groups is 2. The van der Waals surface area contributed by atoms with E-state index in [-0.39, 0.29) is 22.3 Å². The molecule has 0 heterocycles. The van der Waals surface area contributed by atoms with E-state index in [1.807, 2.05) is 0 Å². The fraction of sp³-hybridized carbons (Fsp3) is 0.923. The second-order valence-electron chi connectivity index (χ2n) is 9.16. The fourth-order valence-electron chi connectivity index (χ4n) is 3.24. The van der Waals surface area contributed by atoms with Gasteiger partial charge in [0.2, 0.25) is 0 Å². The molecule has 0 rings (SSSR count). The first-order valence-corrected chi connectivity index (χ1v) is 14.0. The van der Waals surface area contributed by atoms with E-state index < -0.39 is 0 Å². The zero-order valence-corrected chi connectivity index (χ0v) is 23.8. The van der Waals surface area contributed by atoms with E-state index in [2.05, 4.69) is 53.0 Å². The van der Waals surface area contributed by atoms with Crippen LogP contribution in [0.25, 0.3) is 0 Å². The largest absolute Gasteiger partial charge is 0.378 e. The highest BCUT2D eigenvalue weighted by Gasteiger charge is 2.17. The Morgan fingerprint density at radius 1 is 0.618 bits per heavy atom. The minimum atomic E-state index is 0.0512. The predicted octanol–water partition coefficient (Wildman–Crippen LogP) is 5.22. The van der Waals surface area contributed by atoms with Crippen molar-refractivity contribution in [3.63, 3.8) is 0 Å². The molecule has 4 unspecified atom stereocenters. The molecule has 4 atom stereocenters. The van der Waals surface area contributed by atoms with Crippen LogP contribution in [0.3, 0.4) is 0 Å². The lowest BCUT2D eigenvalue weighted by molar-refractivity contribution is -0.120. The van der Waals surface area contributed by atoms with Crippen LogP contribution >= 0.6 is 25.3 Å². The fourth-order valence-corrected chi connectivity index (χ4v) is 3.66. The summed E-state index contributed by atoms with van der Waals surface area (Å²) in [6.07, 6.45) is 6.50. The lowest BCUT2D eigenvalue weighted by Gasteiger charge is -2.19. The highest BCUT2D eigenvalue weighted by Crippen LogP contribution is 2.17. The van der Waals surface area contributed by atoms with E-state index in [1.165, 1.54) is 0 Å². The monoisotopic (exact) mass is 522 g/mol. The summed E-state index contributed by atoms with van der Waals surface area (Å²) >= 11 is 9.14. The Hall–Kier alpha value is -0.120. The Labute approximate surface area is 219 Å². The summed E-state index contributed by atoms with van der Waals surface area (Å²) in [6, 6.07) is 0. The van der Waals surface area contributed by atoms with Crippen LogP contribution in [0.2, 0.25) is 0 Å². The molecule has 0 radical (unpaired) electrons. The van der Waals surface area contributed by atoms with Gasteiger partial charge in [0.15, 0.2) is 0 Å². The van der Waals surface area contributed by atoms with E-state index in [0.29, 0.717) is 90.1 Å². The third-order valence-electron chi connectivity index (χ3n) is 5.72. The number of ether oxygens (including phenoxy) is 4. The SMILES string of the molecule is CCCCC(=O)CC(C)C(S)COCCOCCOCCOCC(S)C(C)CC(=O)CCCC. The van der Waals surface area contributed by atoms with Crippen LogP contribution in [0.4, 0.5) is 0 Å². The molecule has 0 aromatic carbocycles. The van der Waals surface area contributed by atoms with Gasteiger partial charge in [-0.2, -0.15) is 25.3 Å². The molecule has 0 N–H and O–H groups in total. The molecule has 0 aromatic rings. The molecule has 0 aromatic heterocycles. The number of Topliss-reactive ketones (excluding diaryl/α,β-unsaturated/α-hetero) is 2. The van der Waals surface area contributed by atoms with Gasteiger partial charge in [0.1, 0.15) is 11.6 Å². The number of hydrogen-bond acceptors (Lipinski definition) is 8. The van der Waals surface area contributed by atoms with Crippen LogP contribution in [0.5, 0.6) is 0 Å². The van der Waals surface area contributed by atoms with Crippen molar-refractivity contribution in [2.45, 2.75) is 89.6 Å². The number of ketones is 2. The quantitative estimate of drug-likeness (QED) is 0.127. The van der Waals surface area contributed by atoms with Gasteiger partial charge in [0, 0.05) is 36.2 Å². The molecule has 0 saturated heterocycles. The van der Waals surface area contributed by atoms with Gasteiger partial charge < -0.3 is 18.9 Å². The second kappa shape index (κ2) is 23.3. The smallest absolute Gasteiger partial charge is 0.133 e. The van der Waals surface area contributed by atoms with Crippen LogP contribution in [-0.2, 0) is 28.5 Å². The molecular weight excluding hydrogens is 472 g/mol. The molecule has 202 valence electrons.